The Morgan fingerprint density at radius 3 is 2.50 bits per heavy atom. The van der Waals surface area contributed by atoms with Gasteiger partial charge in [-0.25, -0.2) is 0 Å². The van der Waals surface area contributed by atoms with Crippen LogP contribution in [-0.2, 0) is 18.4 Å². The number of carbonyl (C=O) groups is 1. The number of aliphatic carboxylic acids is 1. The van der Waals surface area contributed by atoms with Gasteiger partial charge in [-0.1, -0.05) is 0 Å². The molecule has 1 fully saturated rings. The second kappa shape index (κ2) is 7.24. The van der Waals surface area contributed by atoms with Crippen LogP contribution in [0.4, 0.5) is 0 Å². The highest BCUT2D eigenvalue weighted by atomic mass is 31.2. The molecule has 0 spiro atoms. The summed E-state index contributed by atoms with van der Waals surface area (Å²) in [5.74, 6) is -0.810. The first-order valence-corrected chi connectivity index (χ1v) is 8.10. The molecule has 1 N–H and O–H groups in total. The molecule has 6 nitrogen and oxygen atoms in total. The van der Waals surface area contributed by atoms with Crippen molar-refractivity contribution >= 4 is 13.6 Å². The van der Waals surface area contributed by atoms with E-state index in [0.717, 1.165) is 13.0 Å². The minimum atomic E-state index is -3.06. The van der Waals surface area contributed by atoms with E-state index in [1.807, 2.05) is 4.90 Å². The van der Waals surface area contributed by atoms with Gasteiger partial charge in [-0.15, -0.1) is 0 Å². The zero-order valence-electron chi connectivity index (χ0n) is 11.0. The minimum absolute atomic E-state index is 0.248. The summed E-state index contributed by atoms with van der Waals surface area (Å²) in [6.45, 7) is 5.37. The van der Waals surface area contributed by atoms with Crippen LogP contribution in [0.1, 0.15) is 26.7 Å². The Kier molecular flexibility index (Phi) is 6.29. The van der Waals surface area contributed by atoms with Gasteiger partial charge in [0.05, 0.1) is 19.4 Å². The summed E-state index contributed by atoms with van der Waals surface area (Å²) < 4.78 is 22.6. The van der Waals surface area contributed by atoms with Crippen LogP contribution in [0, 0.1) is 0 Å². The van der Waals surface area contributed by atoms with E-state index >= 15 is 0 Å². The van der Waals surface area contributed by atoms with Gasteiger partial charge in [0.25, 0.3) is 0 Å². The lowest BCUT2D eigenvalue weighted by molar-refractivity contribution is -0.142. The quantitative estimate of drug-likeness (QED) is 0.683. The standard InChI is InChI=1S/C11H22NO5P/c1-3-16-18(15,17-4-2)9-8-12-7-5-6-10(12)11(13)14/h10H,3-9H2,1-2H3,(H,13,14)/t10-/m0/s1. The summed E-state index contributed by atoms with van der Waals surface area (Å²) in [5, 5.41) is 9.05. The molecule has 1 aliphatic heterocycles. The van der Waals surface area contributed by atoms with Crippen LogP contribution in [-0.4, -0.2) is 54.5 Å². The van der Waals surface area contributed by atoms with E-state index in [0.29, 0.717) is 26.2 Å². The van der Waals surface area contributed by atoms with Crippen molar-refractivity contribution in [3.8, 4) is 0 Å². The predicted octanol–water partition coefficient (Wildman–Crippen LogP) is 1.80. The van der Waals surface area contributed by atoms with Gasteiger partial charge in [-0.2, -0.15) is 0 Å². The molecule has 0 aliphatic carbocycles. The van der Waals surface area contributed by atoms with Crippen LogP contribution < -0.4 is 0 Å². The van der Waals surface area contributed by atoms with Gasteiger partial charge < -0.3 is 14.2 Å². The fraction of sp³-hybridized carbons (Fsp3) is 0.909. The predicted molar refractivity (Wildman–Crippen MR) is 68.0 cm³/mol. The molecule has 0 aromatic heterocycles. The molecule has 1 rings (SSSR count). The smallest absolute Gasteiger partial charge is 0.331 e. The molecule has 0 unspecified atom stereocenters. The van der Waals surface area contributed by atoms with Gasteiger partial charge in [0.15, 0.2) is 0 Å². The van der Waals surface area contributed by atoms with Crippen molar-refractivity contribution in [2.24, 2.45) is 0 Å². The number of hydrogen-bond acceptors (Lipinski definition) is 5. The largest absolute Gasteiger partial charge is 0.480 e. The van der Waals surface area contributed by atoms with E-state index in [4.69, 9.17) is 14.2 Å². The first-order valence-electron chi connectivity index (χ1n) is 6.37. The summed E-state index contributed by atoms with van der Waals surface area (Å²) in [6.07, 6.45) is 1.77. The molecule has 1 atom stereocenters. The molecule has 7 heteroatoms. The third kappa shape index (κ3) is 4.35. The van der Waals surface area contributed by atoms with Gasteiger partial charge in [-0.3, -0.25) is 14.3 Å². The summed E-state index contributed by atoms with van der Waals surface area (Å²) in [5.41, 5.74) is 0. The van der Waals surface area contributed by atoms with Crippen LogP contribution in [0.15, 0.2) is 0 Å². The molecule has 18 heavy (non-hydrogen) atoms. The minimum Gasteiger partial charge on any atom is -0.480 e. The van der Waals surface area contributed by atoms with Gasteiger partial charge in [0.1, 0.15) is 6.04 Å². The summed E-state index contributed by atoms with van der Waals surface area (Å²) in [6, 6.07) is -0.457. The van der Waals surface area contributed by atoms with Gasteiger partial charge in [0, 0.05) is 6.54 Å². The average molecular weight is 279 g/mol. The molecular weight excluding hydrogens is 257 g/mol. The fourth-order valence-electron chi connectivity index (χ4n) is 2.18. The number of nitrogens with zero attached hydrogens (tertiary/aromatic N) is 1. The summed E-state index contributed by atoms with van der Waals surface area (Å²) in [4.78, 5) is 12.9. The lowest BCUT2D eigenvalue weighted by Gasteiger charge is -2.23. The monoisotopic (exact) mass is 279 g/mol. The average Bonchev–Trinajstić information content (AvgIpc) is 2.75. The number of rotatable bonds is 8. The summed E-state index contributed by atoms with van der Waals surface area (Å²) in [7, 11) is -3.06. The Balaban J connectivity index is 2.51. The van der Waals surface area contributed by atoms with Gasteiger partial charge in [0.2, 0.25) is 0 Å². The zero-order valence-corrected chi connectivity index (χ0v) is 11.9. The Labute approximate surface area is 108 Å². The Morgan fingerprint density at radius 1 is 1.39 bits per heavy atom. The van der Waals surface area contributed by atoms with Crippen molar-refractivity contribution in [1.29, 1.82) is 0 Å². The van der Waals surface area contributed by atoms with E-state index in [9.17, 15) is 9.36 Å². The number of carboxylic acid groups (broad SMARTS) is 1. The molecule has 0 bridgehead atoms. The van der Waals surface area contributed by atoms with Crippen LogP contribution in [0.25, 0.3) is 0 Å². The third-order valence-corrected chi connectivity index (χ3v) is 5.01. The topological polar surface area (TPSA) is 76.1 Å². The van der Waals surface area contributed by atoms with Crippen LogP contribution in [0.2, 0.25) is 0 Å². The van der Waals surface area contributed by atoms with Gasteiger partial charge in [-0.05, 0) is 33.2 Å². The highest BCUT2D eigenvalue weighted by molar-refractivity contribution is 7.53. The third-order valence-electron chi connectivity index (χ3n) is 2.96. The Morgan fingerprint density at radius 2 is 2.00 bits per heavy atom. The van der Waals surface area contributed by atoms with Crippen LogP contribution in [0.3, 0.4) is 0 Å². The van der Waals surface area contributed by atoms with E-state index < -0.39 is 19.6 Å². The molecule has 0 radical (unpaired) electrons. The lowest BCUT2D eigenvalue weighted by atomic mass is 10.2. The number of likely N-dealkylation sites (tertiary alicyclic amines) is 1. The number of carboxylic acids is 1. The molecule has 1 aliphatic rings. The van der Waals surface area contributed by atoms with Crippen molar-refractivity contribution in [1.82, 2.24) is 4.90 Å². The van der Waals surface area contributed by atoms with Crippen molar-refractivity contribution in [3.05, 3.63) is 0 Å². The lowest BCUT2D eigenvalue weighted by Crippen LogP contribution is -2.37. The first kappa shape index (κ1) is 15.6. The maximum Gasteiger partial charge on any atom is 0.331 e. The molecule has 0 amide bonds. The molecule has 0 aromatic carbocycles. The summed E-state index contributed by atoms with van der Waals surface area (Å²) >= 11 is 0. The fourth-order valence-corrected chi connectivity index (χ4v) is 3.81. The maximum absolute atomic E-state index is 12.2. The Bertz CT molecular complexity index is 313. The van der Waals surface area contributed by atoms with E-state index in [1.54, 1.807) is 13.8 Å². The molecule has 1 heterocycles. The first-order chi connectivity index (χ1) is 8.52. The molecule has 106 valence electrons. The normalized spacial score (nSPS) is 21.3. The van der Waals surface area contributed by atoms with E-state index in [2.05, 4.69) is 0 Å². The highest BCUT2D eigenvalue weighted by Crippen LogP contribution is 2.47. The molecular formula is C11H22NO5P. The van der Waals surface area contributed by atoms with Crippen molar-refractivity contribution in [2.45, 2.75) is 32.7 Å². The van der Waals surface area contributed by atoms with Crippen molar-refractivity contribution in [2.75, 3.05) is 32.5 Å². The van der Waals surface area contributed by atoms with Gasteiger partial charge >= 0.3 is 13.6 Å². The van der Waals surface area contributed by atoms with Crippen LogP contribution in [0.5, 0.6) is 0 Å². The zero-order chi connectivity index (χ0) is 13.6. The molecule has 1 saturated heterocycles. The van der Waals surface area contributed by atoms with E-state index in [-0.39, 0.29) is 6.16 Å². The molecule has 0 aromatic rings. The second-order valence-electron chi connectivity index (χ2n) is 4.20. The van der Waals surface area contributed by atoms with E-state index in [1.165, 1.54) is 0 Å². The Hall–Kier alpha value is -0.420. The number of hydrogen-bond donors (Lipinski definition) is 1. The maximum atomic E-state index is 12.2. The highest BCUT2D eigenvalue weighted by Gasteiger charge is 2.33. The SMILES string of the molecule is CCOP(=O)(CCN1CCC[C@H]1C(=O)O)OCC. The van der Waals surface area contributed by atoms with Crippen molar-refractivity contribution in [3.63, 3.8) is 0 Å². The molecule has 0 saturated carbocycles. The van der Waals surface area contributed by atoms with Crippen LogP contribution >= 0.6 is 7.60 Å². The van der Waals surface area contributed by atoms with Crippen molar-refractivity contribution < 1.29 is 23.5 Å². The second-order valence-corrected chi connectivity index (χ2v) is 6.39.